The Hall–Kier alpha value is -5.59. The molecule has 0 radical (unpaired) electrons. The Kier molecular flexibility index (Phi) is 7.90. The van der Waals surface area contributed by atoms with Crippen LogP contribution in [0.1, 0.15) is 61.2 Å². The molecule has 48 heavy (non-hydrogen) atoms. The van der Waals surface area contributed by atoms with Crippen molar-refractivity contribution in [2.45, 2.75) is 58.0 Å². The number of hydrogen-bond donors (Lipinski definition) is 1. The van der Waals surface area contributed by atoms with Gasteiger partial charge in [0.2, 0.25) is 0 Å². The second-order valence-corrected chi connectivity index (χ2v) is 12.0. The first-order chi connectivity index (χ1) is 23.1. The molecule has 0 bridgehead atoms. The van der Waals surface area contributed by atoms with Crippen LogP contribution in [-0.4, -0.2) is 34.1 Å². The number of hydrogen-bond acceptors (Lipinski definition) is 7. The van der Waals surface area contributed by atoms with Gasteiger partial charge in [0.05, 0.1) is 18.6 Å². The van der Waals surface area contributed by atoms with Crippen LogP contribution < -0.4 is 15.9 Å². The van der Waals surface area contributed by atoms with Crippen molar-refractivity contribution in [3.05, 3.63) is 123 Å². The summed E-state index contributed by atoms with van der Waals surface area (Å²) in [5.74, 6) is 0.818. The summed E-state index contributed by atoms with van der Waals surface area (Å²) in [5.41, 5.74) is 1.39. The summed E-state index contributed by atoms with van der Waals surface area (Å²) in [4.78, 5) is 46.4. The van der Waals surface area contributed by atoms with Crippen LogP contribution in [0.3, 0.4) is 0 Å². The van der Waals surface area contributed by atoms with Crippen LogP contribution in [-0.2, 0) is 19.3 Å². The summed E-state index contributed by atoms with van der Waals surface area (Å²) < 4.78 is 50.2. The average Bonchev–Trinajstić information content (AvgIpc) is 3.81. The van der Waals surface area contributed by atoms with Crippen molar-refractivity contribution in [2.24, 2.45) is 0 Å². The topological polar surface area (TPSA) is 121 Å². The fourth-order valence-electron chi connectivity index (χ4n) is 5.64. The molecule has 1 aliphatic carbocycles. The Morgan fingerprint density at radius 3 is 2.52 bits per heavy atom. The Morgan fingerprint density at radius 1 is 1.00 bits per heavy atom. The second kappa shape index (κ2) is 12.2. The highest BCUT2D eigenvalue weighted by atomic mass is 19.4. The van der Waals surface area contributed by atoms with Gasteiger partial charge in [0.1, 0.15) is 29.4 Å². The highest BCUT2D eigenvalue weighted by molar-refractivity contribution is 5.77. The molecule has 4 aromatic heterocycles. The number of imidazole rings is 1. The normalized spacial score (nSPS) is 13.4. The van der Waals surface area contributed by atoms with E-state index in [0.29, 0.717) is 33.6 Å². The first-order valence-electron chi connectivity index (χ1n) is 15.5. The quantitative estimate of drug-likeness (QED) is 0.189. The number of ether oxygens (including phenoxy) is 1. The first-order valence-corrected chi connectivity index (χ1v) is 15.5. The molecule has 2 aromatic carbocycles. The third kappa shape index (κ3) is 6.10. The number of alkyl halides is 3. The second-order valence-electron chi connectivity index (χ2n) is 12.0. The number of benzene rings is 2. The third-order valence-corrected chi connectivity index (χ3v) is 8.26. The van der Waals surface area contributed by atoms with Gasteiger partial charge >= 0.3 is 6.18 Å². The lowest BCUT2D eigenvalue weighted by Gasteiger charge is -2.17. The fourth-order valence-corrected chi connectivity index (χ4v) is 5.64. The summed E-state index contributed by atoms with van der Waals surface area (Å²) in [6.45, 7) is 3.75. The van der Waals surface area contributed by atoms with Crippen molar-refractivity contribution in [2.75, 3.05) is 0 Å². The Labute approximate surface area is 272 Å². The molecule has 6 aromatic rings. The van der Waals surface area contributed by atoms with E-state index in [1.807, 2.05) is 30.3 Å². The van der Waals surface area contributed by atoms with Crippen LogP contribution in [0.5, 0.6) is 5.75 Å². The Bertz CT molecular complexity index is 2250. The van der Waals surface area contributed by atoms with Gasteiger partial charge in [-0.1, -0.05) is 42.5 Å². The summed E-state index contributed by atoms with van der Waals surface area (Å²) in [6, 6.07) is 17.2. The lowest BCUT2D eigenvalue weighted by Crippen LogP contribution is -2.22. The van der Waals surface area contributed by atoms with E-state index in [2.05, 4.69) is 19.9 Å². The smallest absolute Gasteiger partial charge is 0.434 e. The maximum absolute atomic E-state index is 13.7. The molecule has 10 nitrogen and oxygen atoms in total. The molecular weight excluding hydrogens is 623 g/mol. The van der Waals surface area contributed by atoms with Crippen molar-refractivity contribution in [1.82, 2.24) is 34.1 Å². The van der Waals surface area contributed by atoms with Crippen molar-refractivity contribution in [1.29, 1.82) is 0 Å². The number of pyridine rings is 1. The molecule has 13 heteroatoms. The van der Waals surface area contributed by atoms with Gasteiger partial charge in [-0.3, -0.25) is 14.2 Å². The SMILES string of the molecule is CC(C)n1cc(C(F)(F)F)nc1-c1ccc(Cn2c(=O)ccc3cnc(-c4c(C5CC5)nc[nH]c4=O)nc32)c(OCc2ccccc2)c1. The average molecular weight is 654 g/mol. The number of rotatable bonds is 9. The van der Waals surface area contributed by atoms with Crippen molar-refractivity contribution >= 4 is 11.0 Å². The van der Waals surface area contributed by atoms with Crippen LogP contribution >= 0.6 is 0 Å². The molecule has 1 N–H and O–H groups in total. The van der Waals surface area contributed by atoms with Gasteiger partial charge in [-0.2, -0.15) is 13.2 Å². The van der Waals surface area contributed by atoms with E-state index >= 15 is 0 Å². The fraction of sp³-hybridized carbons (Fsp3) is 0.257. The Balaban J connectivity index is 1.33. The van der Waals surface area contributed by atoms with Crippen molar-refractivity contribution in [3.63, 3.8) is 0 Å². The standard InChI is InChI=1S/C35H30F3N7O3/c1-20(2)44-17-27(35(36,37)38)42-32(44)23-10-11-25(26(14-23)48-18-21-6-4-3-5-7-21)16-45-28(46)13-12-24-15-39-31(43-33(24)45)29-30(22-8-9-22)40-19-41-34(29)47/h3-7,10-15,17,19-20,22H,8-9,16,18H2,1-2H3,(H,40,41,47). The van der Waals surface area contributed by atoms with Gasteiger partial charge in [-0.25, -0.2) is 19.9 Å². The van der Waals surface area contributed by atoms with Crippen LogP contribution in [0.25, 0.3) is 33.8 Å². The molecule has 244 valence electrons. The van der Waals surface area contributed by atoms with Gasteiger partial charge < -0.3 is 14.3 Å². The van der Waals surface area contributed by atoms with Crippen LogP contribution in [0.15, 0.2) is 89.0 Å². The minimum absolute atomic E-state index is 0.0162. The van der Waals surface area contributed by atoms with E-state index in [0.717, 1.165) is 24.6 Å². The van der Waals surface area contributed by atoms with E-state index in [-0.39, 0.29) is 53.4 Å². The van der Waals surface area contributed by atoms with E-state index in [4.69, 9.17) is 9.72 Å². The van der Waals surface area contributed by atoms with Crippen LogP contribution in [0, 0.1) is 0 Å². The number of fused-ring (bicyclic) bond motifs is 1. The predicted molar refractivity (Wildman–Crippen MR) is 173 cm³/mol. The number of aromatic amines is 1. The molecule has 0 amide bonds. The third-order valence-electron chi connectivity index (χ3n) is 8.26. The minimum Gasteiger partial charge on any atom is -0.489 e. The Morgan fingerprint density at radius 2 is 1.79 bits per heavy atom. The molecule has 7 rings (SSSR count). The van der Waals surface area contributed by atoms with Crippen LogP contribution in [0.4, 0.5) is 13.2 Å². The maximum atomic E-state index is 13.7. The molecule has 1 fully saturated rings. The molecule has 1 saturated carbocycles. The number of H-pyrrole nitrogens is 1. The molecule has 0 unspecified atom stereocenters. The first kappa shape index (κ1) is 31.0. The molecule has 0 atom stereocenters. The summed E-state index contributed by atoms with van der Waals surface area (Å²) in [7, 11) is 0. The zero-order valence-corrected chi connectivity index (χ0v) is 26.0. The molecular formula is C35H30F3N7O3. The molecule has 1 aliphatic rings. The number of nitrogens with one attached hydrogen (secondary N) is 1. The number of nitrogens with zero attached hydrogens (tertiary/aromatic N) is 6. The summed E-state index contributed by atoms with van der Waals surface area (Å²) in [6.07, 6.45) is 1.16. The van der Waals surface area contributed by atoms with Gasteiger partial charge in [0.25, 0.3) is 11.1 Å². The zero-order valence-electron chi connectivity index (χ0n) is 26.0. The van der Waals surface area contributed by atoms with Gasteiger partial charge in [-0.15, -0.1) is 0 Å². The lowest BCUT2D eigenvalue weighted by molar-refractivity contribution is -0.140. The molecule has 0 aliphatic heterocycles. The number of aromatic nitrogens is 7. The van der Waals surface area contributed by atoms with Gasteiger partial charge in [-0.05, 0) is 44.4 Å². The minimum atomic E-state index is -4.61. The van der Waals surface area contributed by atoms with Crippen LogP contribution in [0.2, 0.25) is 0 Å². The van der Waals surface area contributed by atoms with E-state index < -0.39 is 11.9 Å². The summed E-state index contributed by atoms with van der Waals surface area (Å²) >= 11 is 0. The highest BCUT2D eigenvalue weighted by Crippen LogP contribution is 2.41. The molecule has 0 spiro atoms. The van der Waals surface area contributed by atoms with Gasteiger partial charge in [0.15, 0.2) is 11.5 Å². The van der Waals surface area contributed by atoms with E-state index in [9.17, 15) is 22.8 Å². The van der Waals surface area contributed by atoms with Crippen molar-refractivity contribution < 1.29 is 17.9 Å². The molecule has 4 heterocycles. The highest BCUT2D eigenvalue weighted by Gasteiger charge is 2.35. The predicted octanol–water partition coefficient (Wildman–Crippen LogP) is 6.51. The van der Waals surface area contributed by atoms with Gasteiger partial charge in [0, 0.05) is 46.9 Å². The largest absolute Gasteiger partial charge is 0.489 e. The summed E-state index contributed by atoms with van der Waals surface area (Å²) in [5, 5.41) is 0.577. The lowest BCUT2D eigenvalue weighted by atomic mass is 10.1. The van der Waals surface area contributed by atoms with E-state index in [1.165, 1.54) is 21.5 Å². The number of halogens is 3. The molecule has 0 saturated heterocycles. The zero-order chi connectivity index (χ0) is 33.6. The monoisotopic (exact) mass is 653 g/mol. The van der Waals surface area contributed by atoms with E-state index in [1.54, 1.807) is 44.3 Å². The maximum Gasteiger partial charge on any atom is 0.434 e. The van der Waals surface area contributed by atoms with Crippen molar-refractivity contribution in [3.8, 4) is 28.5 Å².